The number of anilines is 2. The highest BCUT2D eigenvalue weighted by molar-refractivity contribution is 7.89. The van der Waals surface area contributed by atoms with Crippen molar-refractivity contribution in [3.63, 3.8) is 0 Å². The maximum atomic E-state index is 13.8. The van der Waals surface area contributed by atoms with Crippen molar-refractivity contribution >= 4 is 39.3 Å². The lowest BCUT2D eigenvalue weighted by Crippen LogP contribution is -2.45. The summed E-state index contributed by atoms with van der Waals surface area (Å²) in [5.74, 6) is -2.59. The van der Waals surface area contributed by atoms with Crippen molar-refractivity contribution in [1.82, 2.24) is 24.0 Å². The van der Waals surface area contributed by atoms with Crippen LogP contribution in [-0.4, -0.2) is 95.0 Å². The molecule has 0 aliphatic carbocycles. The predicted molar refractivity (Wildman–Crippen MR) is 165 cm³/mol. The van der Waals surface area contributed by atoms with Gasteiger partial charge in [-0.2, -0.15) is 9.40 Å². The minimum Gasteiger partial charge on any atom is -0.477 e. The first-order chi connectivity index (χ1) is 21.5. The van der Waals surface area contributed by atoms with Crippen LogP contribution < -0.4 is 16.0 Å². The Hall–Kier alpha value is -4.99. The molecule has 15 heteroatoms. The predicted octanol–water partition coefficient (Wildman–Crippen LogP) is 1.75. The number of primary amides is 1. The number of carboxylic acid groups (broad SMARTS) is 1. The van der Waals surface area contributed by atoms with Crippen LogP contribution >= 0.6 is 0 Å². The topological polar surface area (TPSA) is 187 Å². The average Bonchev–Trinajstić information content (AvgIpc) is 3.69. The monoisotopic (exact) mass is 632 g/mol. The van der Waals surface area contributed by atoms with Crippen molar-refractivity contribution in [2.75, 3.05) is 50.0 Å². The van der Waals surface area contributed by atoms with E-state index in [1.54, 1.807) is 30.5 Å². The fraction of sp³-hybridized carbons (Fsp3) is 0.267. The highest BCUT2D eigenvalue weighted by Gasteiger charge is 2.32. The number of piperazine rings is 1. The van der Waals surface area contributed by atoms with Gasteiger partial charge in [-0.05, 0) is 43.4 Å². The molecule has 2 amide bonds. The van der Waals surface area contributed by atoms with Gasteiger partial charge in [0.15, 0.2) is 5.82 Å². The number of aromatic amines is 1. The van der Waals surface area contributed by atoms with E-state index in [0.717, 1.165) is 13.1 Å². The zero-order valence-corrected chi connectivity index (χ0v) is 25.2. The van der Waals surface area contributed by atoms with E-state index in [-0.39, 0.29) is 40.6 Å². The van der Waals surface area contributed by atoms with Crippen LogP contribution in [0.1, 0.15) is 42.5 Å². The molecule has 5 N–H and O–H groups in total. The van der Waals surface area contributed by atoms with E-state index >= 15 is 0 Å². The summed E-state index contributed by atoms with van der Waals surface area (Å²) in [6.45, 7) is 2.90. The first-order valence-electron chi connectivity index (χ1n) is 14.3. The van der Waals surface area contributed by atoms with E-state index < -0.39 is 27.8 Å². The summed E-state index contributed by atoms with van der Waals surface area (Å²) in [4.78, 5) is 43.0. The summed E-state index contributed by atoms with van der Waals surface area (Å²) >= 11 is 0. The molecule has 4 heterocycles. The molecule has 0 radical (unpaired) electrons. The van der Waals surface area contributed by atoms with E-state index in [2.05, 4.69) is 20.4 Å². The molecule has 2 aliphatic heterocycles. The molecule has 0 atom stereocenters. The number of amides is 2. The number of nitrogens with zero attached hydrogens (tertiary/aromatic N) is 5. The molecule has 45 heavy (non-hydrogen) atoms. The smallest absolute Gasteiger partial charge is 0.352 e. The first-order valence-corrected chi connectivity index (χ1v) is 15.7. The molecule has 234 valence electrons. The van der Waals surface area contributed by atoms with Crippen molar-refractivity contribution < 1.29 is 27.9 Å². The molecular weight excluding hydrogens is 600 g/mol. The SMILES string of the molecule is CN1CCN(c2cc(C(N)=O)c(C(=O)Nc3n[nH]c4c3CN(S(=O)(=O)c3ccccc3)CC4)cc2-n2cccc2C(=O)O)CC1. The first kappa shape index (κ1) is 30.1. The van der Waals surface area contributed by atoms with Crippen LogP contribution in [0.25, 0.3) is 5.69 Å². The number of fused-ring (bicyclic) bond motifs is 1. The maximum Gasteiger partial charge on any atom is 0.352 e. The minimum absolute atomic E-state index is 0.0235. The van der Waals surface area contributed by atoms with Crippen molar-refractivity contribution in [2.24, 2.45) is 5.73 Å². The Morgan fingerprint density at radius 1 is 0.956 bits per heavy atom. The third kappa shape index (κ3) is 5.68. The third-order valence-corrected chi connectivity index (χ3v) is 10.1. The second kappa shape index (κ2) is 11.8. The van der Waals surface area contributed by atoms with Crippen LogP contribution in [0.4, 0.5) is 11.5 Å². The van der Waals surface area contributed by atoms with Gasteiger partial charge in [0, 0.05) is 63.1 Å². The van der Waals surface area contributed by atoms with Crippen LogP contribution in [-0.2, 0) is 23.0 Å². The van der Waals surface area contributed by atoms with E-state index in [0.29, 0.717) is 42.1 Å². The lowest BCUT2D eigenvalue weighted by atomic mass is 10.0. The van der Waals surface area contributed by atoms with Crippen molar-refractivity contribution in [1.29, 1.82) is 0 Å². The van der Waals surface area contributed by atoms with E-state index in [1.807, 2.05) is 11.9 Å². The van der Waals surface area contributed by atoms with Crippen molar-refractivity contribution in [3.05, 3.63) is 88.9 Å². The quantitative estimate of drug-likeness (QED) is 0.224. The minimum atomic E-state index is -3.80. The molecule has 0 saturated carbocycles. The number of carbonyl (C=O) groups is 3. The fourth-order valence-electron chi connectivity index (χ4n) is 5.72. The number of rotatable bonds is 8. The molecule has 0 unspecified atom stereocenters. The van der Waals surface area contributed by atoms with Gasteiger partial charge < -0.3 is 30.5 Å². The van der Waals surface area contributed by atoms with Gasteiger partial charge >= 0.3 is 5.97 Å². The molecule has 2 aromatic carbocycles. The van der Waals surface area contributed by atoms with E-state index in [9.17, 15) is 27.9 Å². The molecular formula is C30H32N8O6S. The lowest BCUT2D eigenvalue weighted by Gasteiger charge is -2.35. The fourth-order valence-corrected chi connectivity index (χ4v) is 7.15. The normalized spacial score (nSPS) is 15.9. The molecule has 4 aromatic rings. The molecule has 1 saturated heterocycles. The van der Waals surface area contributed by atoms with E-state index in [4.69, 9.17) is 5.73 Å². The van der Waals surface area contributed by atoms with E-state index in [1.165, 1.54) is 39.2 Å². The second-order valence-corrected chi connectivity index (χ2v) is 12.9. The Morgan fingerprint density at radius 3 is 2.36 bits per heavy atom. The molecule has 0 spiro atoms. The zero-order valence-electron chi connectivity index (χ0n) is 24.4. The number of H-pyrrole nitrogens is 1. The van der Waals surface area contributed by atoms with Crippen LogP contribution in [0, 0.1) is 0 Å². The average molecular weight is 633 g/mol. The molecule has 14 nitrogen and oxygen atoms in total. The summed E-state index contributed by atoms with van der Waals surface area (Å²) < 4.78 is 29.4. The van der Waals surface area contributed by atoms with Gasteiger partial charge in [-0.1, -0.05) is 18.2 Å². The van der Waals surface area contributed by atoms with Gasteiger partial charge in [0.05, 0.1) is 27.4 Å². The maximum absolute atomic E-state index is 13.8. The number of sulfonamides is 1. The number of hydrogen-bond acceptors (Lipinski definition) is 8. The molecule has 6 rings (SSSR count). The number of carboxylic acids is 1. The van der Waals surface area contributed by atoms with Crippen LogP contribution in [0.5, 0.6) is 0 Å². The molecule has 0 bridgehead atoms. The Morgan fingerprint density at radius 2 is 1.67 bits per heavy atom. The third-order valence-electron chi connectivity index (χ3n) is 8.21. The second-order valence-electron chi connectivity index (χ2n) is 11.0. The summed E-state index contributed by atoms with van der Waals surface area (Å²) in [5, 5.41) is 19.7. The van der Waals surface area contributed by atoms with Gasteiger partial charge in [-0.3, -0.25) is 14.7 Å². The van der Waals surface area contributed by atoms with Crippen molar-refractivity contribution in [2.45, 2.75) is 17.9 Å². The number of benzene rings is 2. The summed E-state index contributed by atoms with van der Waals surface area (Å²) in [5.41, 5.74) is 7.77. The molecule has 2 aliphatic rings. The largest absolute Gasteiger partial charge is 0.477 e. The van der Waals surface area contributed by atoms with Crippen LogP contribution in [0.3, 0.4) is 0 Å². The van der Waals surface area contributed by atoms with Crippen LogP contribution in [0.2, 0.25) is 0 Å². The standard InChI is InChI=1S/C30H32N8O6S/c1-35-12-14-36(15-13-35)25-16-20(27(31)39)21(17-26(25)38-10-5-8-24(38)30(41)42)29(40)32-28-22-18-37(11-9-23(22)33-34-28)45(43,44)19-6-3-2-4-7-19/h2-8,10,16-17H,9,11-15,18H2,1H3,(H2,31,39)(H,41,42)(H2,32,33,34,40). The zero-order chi connectivity index (χ0) is 31.9. The van der Waals surface area contributed by atoms with Gasteiger partial charge in [0.1, 0.15) is 5.69 Å². The summed E-state index contributed by atoms with van der Waals surface area (Å²) in [7, 11) is -1.80. The number of likely N-dealkylation sites (N-methyl/N-ethyl adjacent to an activating group) is 1. The number of hydrogen-bond donors (Lipinski definition) is 4. The highest BCUT2D eigenvalue weighted by atomic mass is 32.2. The number of carbonyl (C=O) groups excluding carboxylic acids is 2. The Balaban J connectivity index is 1.37. The summed E-state index contributed by atoms with van der Waals surface area (Å²) in [6.07, 6.45) is 1.93. The molecule has 1 fully saturated rings. The highest BCUT2D eigenvalue weighted by Crippen LogP contribution is 2.33. The Bertz CT molecular complexity index is 1890. The van der Waals surface area contributed by atoms with Gasteiger partial charge in [-0.25, -0.2) is 13.2 Å². The van der Waals surface area contributed by atoms with Gasteiger partial charge in [0.2, 0.25) is 15.9 Å². The van der Waals surface area contributed by atoms with Crippen LogP contribution in [0.15, 0.2) is 65.7 Å². The number of nitrogens with one attached hydrogen (secondary N) is 2. The Kier molecular flexibility index (Phi) is 7.90. The Labute approximate surface area is 259 Å². The number of aromatic nitrogens is 3. The summed E-state index contributed by atoms with van der Waals surface area (Å²) in [6, 6.07) is 14.1. The number of aromatic carboxylic acids is 1. The van der Waals surface area contributed by atoms with Gasteiger partial charge in [-0.15, -0.1) is 0 Å². The molecule has 2 aromatic heterocycles. The number of nitrogens with two attached hydrogens (primary N) is 1. The lowest BCUT2D eigenvalue weighted by molar-refractivity contribution is 0.0687. The van der Waals surface area contributed by atoms with Crippen molar-refractivity contribution in [3.8, 4) is 5.69 Å². The van der Waals surface area contributed by atoms with Gasteiger partial charge in [0.25, 0.3) is 5.91 Å².